The number of hydrogen-bond acceptors (Lipinski definition) is 4. The van der Waals surface area contributed by atoms with Gasteiger partial charge in [-0.2, -0.15) is 17.9 Å². The third-order valence-corrected chi connectivity index (χ3v) is 8.63. The van der Waals surface area contributed by atoms with E-state index in [1.54, 1.807) is 12.1 Å². The van der Waals surface area contributed by atoms with Crippen LogP contribution < -0.4 is 5.32 Å². The highest BCUT2D eigenvalue weighted by Crippen LogP contribution is 2.42. The number of nitrogens with one attached hydrogen (secondary N) is 1. The Morgan fingerprint density at radius 3 is 2.12 bits per heavy atom. The summed E-state index contributed by atoms with van der Waals surface area (Å²) in [7, 11) is -3.92. The van der Waals surface area contributed by atoms with Crippen LogP contribution in [0.5, 0.6) is 0 Å². The van der Waals surface area contributed by atoms with E-state index in [1.165, 1.54) is 10.8 Å². The van der Waals surface area contributed by atoms with Gasteiger partial charge in [-0.3, -0.25) is 5.32 Å². The molecule has 0 amide bonds. The molecule has 1 fully saturated rings. The Hall–Kier alpha value is -2.96. The van der Waals surface area contributed by atoms with Crippen LogP contribution in [0.1, 0.15) is 55.2 Å². The minimum absolute atomic E-state index is 0.231. The Morgan fingerprint density at radius 2 is 1.47 bits per heavy atom. The van der Waals surface area contributed by atoms with Gasteiger partial charge in [0.05, 0.1) is 10.6 Å². The highest BCUT2D eigenvalue weighted by Gasteiger charge is 2.51. The van der Waals surface area contributed by atoms with E-state index in [-0.39, 0.29) is 10.9 Å². The minimum atomic E-state index is -3.92. The highest BCUT2D eigenvalue weighted by molar-refractivity contribution is 7.89. The minimum Gasteiger partial charge on any atom is -0.286 e. The summed E-state index contributed by atoms with van der Waals surface area (Å²) >= 11 is 0. The van der Waals surface area contributed by atoms with Crippen LogP contribution in [0.4, 0.5) is 0 Å². The first kappa shape index (κ1) is 22.8. The number of aryl methyl sites for hydroxylation is 1. The van der Waals surface area contributed by atoms with Gasteiger partial charge >= 0.3 is 0 Å². The van der Waals surface area contributed by atoms with Gasteiger partial charge in [-0.05, 0) is 43.0 Å². The zero-order valence-corrected chi connectivity index (χ0v) is 20.3. The third-order valence-electron chi connectivity index (χ3n) is 6.91. The van der Waals surface area contributed by atoms with Crippen LogP contribution in [-0.4, -0.2) is 24.6 Å². The lowest BCUT2D eigenvalue weighted by Gasteiger charge is -2.41. The number of hydrazone groups is 1. The summed E-state index contributed by atoms with van der Waals surface area (Å²) in [6, 6.07) is 27.1. The molecule has 0 spiro atoms. The summed E-state index contributed by atoms with van der Waals surface area (Å²) in [5.41, 5.74) is 2.64. The maximum atomic E-state index is 14.1. The van der Waals surface area contributed by atoms with Gasteiger partial charge in [0.2, 0.25) is 0 Å². The van der Waals surface area contributed by atoms with Crippen molar-refractivity contribution in [3.8, 4) is 0 Å². The maximum Gasteiger partial charge on any atom is 0.281 e. The largest absolute Gasteiger partial charge is 0.286 e. The molecule has 1 aliphatic heterocycles. The first-order chi connectivity index (χ1) is 16.5. The standard InChI is InChI=1S/C28H31N3O2S/c1-22-17-19-26(20-18-22)34(32,33)31-28(24-13-7-3-8-14-24,29-25-15-9-4-10-16-25)21-27(30-31)23-11-5-2-6-12-23/h2-3,5-8,11-14,17-20,25,29H,4,9-10,15-16,21H2,1H3/t28-/m1/s1. The van der Waals surface area contributed by atoms with Crippen LogP contribution in [0.2, 0.25) is 0 Å². The second-order valence-corrected chi connectivity index (χ2v) is 11.1. The van der Waals surface area contributed by atoms with Crippen LogP contribution in [0.15, 0.2) is 94.9 Å². The van der Waals surface area contributed by atoms with Gasteiger partial charge in [0.15, 0.2) is 5.66 Å². The van der Waals surface area contributed by atoms with E-state index in [4.69, 9.17) is 5.10 Å². The van der Waals surface area contributed by atoms with Crippen LogP contribution in [0.25, 0.3) is 0 Å². The lowest BCUT2D eigenvalue weighted by Crippen LogP contribution is -2.57. The molecule has 1 N–H and O–H groups in total. The van der Waals surface area contributed by atoms with Crippen LogP contribution in [-0.2, 0) is 15.7 Å². The van der Waals surface area contributed by atoms with Crippen molar-refractivity contribution in [2.75, 3.05) is 0 Å². The van der Waals surface area contributed by atoms with Crippen molar-refractivity contribution in [3.63, 3.8) is 0 Å². The molecule has 1 saturated carbocycles. The average molecular weight is 474 g/mol. The van der Waals surface area contributed by atoms with Crippen LogP contribution in [0, 0.1) is 6.92 Å². The zero-order valence-electron chi connectivity index (χ0n) is 19.5. The molecule has 0 bridgehead atoms. The second-order valence-electron chi connectivity index (χ2n) is 9.36. The Balaban J connectivity index is 1.67. The Morgan fingerprint density at radius 1 is 0.853 bits per heavy atom. The predicted molar refractivity (Wildman–Crippen MR) is 136 cm³/mol. The van der Waals surface area contributed by atoms with Crippen molar-refractivity contribution < 1.29 is 8.42 Å². The summed E-state index contributed by atoms with van der Waals surface area (Å²) in [5, 5.41) is 8.64. The normalized spacial score (nSPS) is 21.4. The topological polar surface area (TPSA) is 61.8 Å². The van der Waals surface area contributed by atoms with Crippen molar-refractivity contribution in [2.45, 2.75) is 62.0 Å². The number of hydrogen-bond donors (Lipinski definition) is 1. The van der Waals surface area contributed by atoms with Gasteiger partial charge < -0.3 is 0 Å². The van der Waals surface area contributed by atoms with Gasteiger partial charge in [-0.1, -0.05) is 97.6 Å². The molecule has 176 valence electrons. The van der Waals surface area contributed by atoms with Crippen LogP contribution >= 0.6 is 0 Å². The Labute approximate surface area is 202 Å². The Bertz CT molecular complexity index is 1250. The summed E-state index contributed by atoms with van der Waals surface area (Å²) in [5.74, 6) is 0. The Kier molecular flexibility index (Phi) is 6.28. The third kappa shape index (κ3) is 4.28. The molecule has 3 aromatic rings. The molecule has 2 aliphatic rings. The zero-order chi connectivity index (χ0) is 23.6. The second kappa shape index (κ2) is 9.35. The molecule has 5 nitrogen and oxygen atoms in total. The van der Waals surface area contributed by atoms with Gasteiger partial charge in [0, 0.05) is 12.5 Å². The molecular formula is C28H31N3O2S. The average Bonchev–Trinajstić information content (AvgIpc) is 3.27. The van der Waals surface area contributed by atoms with Crippen molar-refractivity contribution in [2.24, 2.45) is 5.10 Å². The molecule has 0 aromatic heterocycles. The van der Waals surface area contributed by atoms with E-state index in [2.05, 4.69) is 5.32 Å². The fourth-order valence-corrected chi connectivity index (χ4v) is 6.62. The van der Waals surface area contributed by atoms with E-state index in [0.717, 1.165) is 48.1 Å². The summed E-state index contributed by atoms with van der Waals surface area (Å²) in [6.07, 6.45) is 6.07. The molecule has 0 unspecified atom stereocenters. The highest BCUT2D eigenvalue weighted by atomic mass is 32.2. The van der Waals surface area contributed by atoms with Gasteiger partial charge in [0.25, 0.3) is 10.0 Å². The fourth-order valence-electron chi connectivity index (χ4n) is 5.10. The molecule has 5 rings (SSSR count). The first-order valence-electron chi connectivity index (χ1n) is 12.1. The summed E-state index contributed by atoms with van der Waals surface area (Å²) in [4.78, 5) is 0.252. The van der Waals surface area contributed by atoms with Gasteiger partial charge in [-0.25, -0.2) is 0 Å². The summed E-state index contributed by atoms with van der Waals surface area (Å²) in [6.45, 7) is 1.96. The monoisotopic (exact) mass is 473 g/mol. The first-order valence-corrected chi connectivity index (χ1v) is 13.5. The van der Waals surface area contributed by atoms with E-state index in [9.17, 15) is 8.42 Å². The molecule has 1 atom stereocenters. The predicted octanol–water partition coefficient (Wildman–Crippen LogP) is 5.57. The van der Waals surface area contributed by atoms with Crippen molar-refractivity contribution in [1.82, 2.24) is 9.73 Å². The van der Waals surface area contributed by atoms with Crippen molar-refractivity contribution >= 4 is 15.7 Å². The van der Waals surface area contributed by atoms with Crippen molar-refractivity contribution in [1.29, 1.82) is 0 Å². The number of nitrogens with zero attached hydrogens (tertiary/aromatic N) is 2. The SMILES string of the molecule is Cc1ccc(S(=O)(=O)N2N=C(c3ccccc3)C[C@]2(NC2CCCCC2)c2ccccc2)cc1. The molecular weight excluding hydrogens is 442 g/mol. The molecule has 34 heavy (non-hydrogen) atoms. The lowest BCUT2D eigenvalue weighted by molar-refractivity contribution is 0.135. The maximum absolute atomic E-state index is 14.1. The summed E-state index contributed by atoms with van der Waals surface area (Å²) < 4.78 is 29.6. The van der Waals surface area contributed by atoms with E-state index in [1.807, 2.05) is 79.7 Å². The van der Waals surface area contributed by atoms with E-state index in [0.29, 0.717) is 6.42 Å². The number of rotatable bonds is 6. The number of benzene rings is 3. The fraction of sp³-hybridized carbons (Fsp3) is 0.321. The molecule has 1 aliphatic carbocycles. The molecule has 3 aromatic carbocycles. The van der Waals surface area contributed by atoms with Crippen molar-refractivity contribution in [3.05, 3.63) is 102 Å². The smallest absolute Gasteiger partial charge is 0.281 e. The number of sulfonamides is 1. The van der Waals surface area contributed by atoms with Crippen LogP contribution in [0.3, 0.4) is 0 Å². The lowest BCUT2D eigenvalue weighted by atomic mass is 9.88. The van der Waals surface area contributed by atoms with E-state index >= 15 is 0 Å². The molecule has 0 radical (unpaired) electrons. The van der Waals surface area contributed by atoms with Gasteiger partial charge in [0.1, 0.15) is 0 Å². The molecule has 0 saturated heterocycles. The molecule has 6 heteroatoms. The van der Waals surface area contributed by atoms with E-state index < -0.39 is 15.7 Å². The van der Waals surface area contributed by atoms with Gasteiger partial charge in [-0.15, -0.1) is 0 Å². The quantitative estimate of drug-likeness (QED) is 0.509. The molecule has 1 heterocycles.